The molecule has 0 bridgehead atoms. The Bertz CT molecular complexity index is 510. The van der Waals surface area contributed by atoms with Crippen LogP contribution in [0.1, 0.15) is 0 Å². The van der Waals surface area contributed by atoms with Crippen LogP contribution in [0.4, 0.5) is 10.5 Å². The van der Waals surface area contributed by atoms with Crippen molar-refractivity contribution in [1.29, 1.82) is 0 Å². The highest BCUT2D eigenvalue weighted by Gasteiger charge is 2.10. The van der Waals surface area contributed by atoms with Crippen molar-refractivity contribution in [3.8, 4) is 0 Å². The fourth-order valence-corrected chi connectivity index (χ4v) is 1.52. The van der Waals surface area contributed by atoms with Gasteiger partial charge in [-0.1, -0.05) is 12.6 Å². The molecule has 1 rings (SSSR count). The summed E-state index contributed by atoms with van der Waals surface area (Å²) in [5.41, 5.74) is 0.245. The van der Waals surface area contributed by atoms with Crippen molar-refractivity contribution >= 4 is 21.8 Å². The molecular formula is C9H10N2O4S. The van der Waals surface area contributed by atoms with E-state index in [4.69, 9.17) is 4.55 Å². The minimum absolute atomic E-state index is 0.245. The predicted octanol–water partition coefficient (Wildman–Crippen LogP) is 1.20. The van der Waals surface area contributed by atoms with Crippen molar-refractivity contribution in [3.63, 3.8) is 0 Å². The number of amides is 2. The van der Waals surface area contributed by atoms with E-state index in [2.05, 4.69) is 17.2 Å². The highest BCUT2D eigenvalue weighted by atomic mass is 32.2. The fourth-order valence-electron chi connectivity index (χ4n) is 0.994. The Hall–Kier alpha value is -1.86. The summed E-state index contributed by atoms with van der Waals surface area (Å²) in [5.74, 6) is 0. The summed E-state index contributed by atoms with van der Waals surface area (Å²) in [6, 6.07) is 4.68. The molecule has 0 aromatic heterocycles. The lowest BCUT2D eigenvalue weighted by molar-refractivity contribution is 0.255. The van der Waals surface area contributed by atoms with E-state index in [9.17, 15) is 13.2 Å². The van der Waals surface area contributed by atoms with Crippen LogP contribution in [-0.4, -0.2) is 19.0 Å². The van der Waals surface area contributed by atoms with Crippen LogP contribution in [0.3, 0.4) is 0 Å². The zero-order valence-corrected chi connectivity index (χ0v) is 8.99. The van der Waals surface area contributed by atoms with Crippen molar-refractivity contribution < 1.29 is 17.8 Å². The fraction of sp³-hybridized carbons (Fsp3) is 0. The van der Waals surface area contributed by atoms with Gasteiger partial charge in [-0.25, -0.2) is 4.79 Å². The summed E-state index contributed by atoms with van der Waals surface area (Å²) in [6.07, 6.45) is 1.18. The molecule has 0 heterocycles. The monoisotopic (exact) mass is 242 g/mol. The molecule has 86 valence electrons. The number of hydrogen-bond acceptors (Lipinski definition) is 3. The maximum Gasteiger partial charge on any atom is 0.323 e. The SMILES string of the molecule is C=CNC(=O)Nc1cccc(S(=O)(=O)O)c1. The predicted molar refractivity (Wildman–Crippen MR) is 58.6 cm³/mol. The third kappa shape index (κ3) is 3.37. The topological polar surface area (TPSA) is 95.5 Å². The standard InChI is InChI=1S/C9H10N2O4S/c1-2-10-9(12)11-7-4-3-5-8(6-7)16(13,14)15/h2-6H,1H2,(H2,10,11,12)(H,13,14,15). The van der Waals surface area contributed by atoms with Gasteiger partial charge in [0.1, 0.15) is 0 Å². The summed E-state index contributed by atoms with van der Waals surface area (Å²) in [4.78, 5) is 10.8. The molecule has 0 aliphatic heterocycles. The van der Waals surface area contributed by atoms with E-state index < -0.39 is 16.1 Å². The minimum atomic E-state index is -4.27. The first-order valence-corrected chi connectivity index (χ1v) is 5.63. The van der Waals surface area contributed by atoms with Crippen LogP contribution in [0.25, 0.3) is 0 Å². The van der Waals surface area contributed by atoms with Gasteiger partial charge in [0, 0.05) is 5.69 Å². The van der Waals surface area contributed by atoms with E-state index in [0.717, 1.165) is 6.07 Å². The van der Waals surface area contributed by atoms with Crippen LogP contribution in [0.5, 0.6) is 0 Å². The normalized spacial score (nSPS) is 10.6. The summed E-state index contributed by atoms with van der Waals surface area (Å²) < 4.78 is 30.4. The van der Waals surface area contributed by atoms with E-state index in [1.165, 1.54) is 24.4 Å². The molecule has 0 fully saturated rings. The van der Waals surface area contributed by atoms with Gasteiger partial charge in [-0.15, -0.1) is 0 Å². The highest BCUT2D eigenvalue weighted by Crippen LogP contribution is 2.14. The number of benzene rings is 1. The number of anilines is 1. The average molecular weight is 242 g/mol. The lowest BCUT2D eigenvalue weighted by Gasteiger charge is -2.05. The molecule has 6 nitrogen and oxygen atoms in total. The number of carbonyl (C=O) groups excluding carboxylic acids is 1. The molecule has 16 heavy (non-hydrogen) atoms. The molecule has 0 aliphatic rings. The number of hydrogen-bond donors (Lipinski definition) is 3. The Morgan fingerprint density at radius 2 is 2.12 bits per heavy atom. The molecule has 2 amide bonds. The van der Waals surface area contributed by atoms with Gasteiger partial charge in [0.2, 0.25) is 0 Å². The summed E-state index contributed by atoms with van der Waals surface area (Å²) in [7, 11) is -4.27. The van der Waals surface area contributed by atoms with Crippen molar-refractivity contribution in [1.82, 2.24) is 5.32 Å². The Kier molecular flexibility index (Phi) is 3.64. The van der Waals surface area contributed by atoms with Crippen molar-refractivity contribution in [2.75, 3.05) is 5.32 Å². The smallest absolute Gasteiger partial charge is 0.315 e. The van der Waals surface area contributed by atoms with Gasteiger partial charge in [-0.3, -0.25) is 4.55 Å². The third-order valence-corrected chi connectivity index (χ3v) is 2.47. The minimum Gasteiger partial charge on any atom is -0.315 e. The first-order chi connectivity index (χ1) is 7.43. The number of rotatable bonds is 3. The van der Waals surface area contributed by atoms with Crippen LogP contribution in [-0.2, 0) is 10.1 Å². The Balaban J connectivity index is 2.91. The second-order valence-corrected chi connectivity index (χ2v) is 4.23. The zero-order chi connectivity index (χ0) is 12.2. The Labute approximate surface area is 92.7 Å². The first-order valence-electron chi connectivity index (χ1n) is 4.19. The van der Waals surface area contributed by atoms with Crippen LogP contribution in [0.15, 0.2) is 41.9 Å². The van der Waals surface area contributed by atoms with Crippen LogP contribution >= 0.6 is 0 Å². The molecule has 0 atom stereocenters. The Morgan fingerprint density at radius 1 is 1.44 bits per heavy atom. The number of nitrogens with one attached hydrogen (secondary N) is 2. The largest absolute Gasteiger partial charge is 0.323 e. The van der Waals surface area contributed by atoms with Gasteiger partial charge < -0.3 is 10.6 Å². The second kappa shape index (κ2) is 4.77. The number of urea groups is 1. The van der Waals surface area contributed by atoms with Crippen molar-refractivity contribution in [2.24, 2.45) is 0 Å². The lowest BCUT2D eigenvalue weighted by atomic mass is 10.3. The lowest BCUT2D eigenvalue weighted by Crippen LogP contribution is -2.23. The maximum absolute atomic E-state index is 11.1. The Morgan fingerprint density at radius 3 is 2.69 bits per heavy atom. The van der Waals surface area contributed by atoms with E-state index >= 15 is 0 Å². The molecule has 0 unspecified atom stereocenters. The quantitative estimate of drug-likeness (QED) is 0.694. The molecule has 3 N–H and O–H groups in total. The molecule has 1 aromatic carbocycles. The molecule has 0 spiro atoms. The van der Waals surface area contributed by atoms with Crippen LogP contribution < -0.4 is 10.6 Å². The second-order valence-electron chi connectivity index (χ2n) is 2.81. The molecule has 1 aromatic rings. The van der Waals surface area contributed by atoms with Gasteiger partial charge >= 0.3 is 6.03 Å². The van der Waals surface area contributed by atoms with Gasteiger partial charge in [0.15, 0.2) is 0 Å². The molecule has 0 saturated heterocycles. The average Bonchev–Trinajstić information content (AvgIpc) is 2.17. The van der Waals surface area contributed by atoms with Crippen molar-refractivity contribution in [3.05, 3.63) is 37.0 Å². The number of carbonyl (C=O) groups is 1. The van der Waals surface area contributed by atoms with Crippen molar-refractivity contribution in [2.45, 2.75) is 4.90 Å². The van der Waals surface area contributed by atoms with E-state index in [-0.39, 0.29) is 10.6 Å². The van der Waals surface area contributed by atoms with Gasteiger partial charge in [0.05, 0.1) is 4.90 Å². The summed E-state index contributed by atoms with van der Waals surface area (Å²) in [6.45, 7) is 3.29. The third-order valence-electron chi connectivity index (χ3n) is 1.62. The zero-order valence-electron chi connectivity index (χ0n) is 8.17. The highest BCUT2D eigenvalue weighted by molar-refractivity contribution is 7.85. The van der Waals surface area contributed by atoms with Gasteiger partial charge in [-0.2, -0.15) is 8.42 Å². The molecule has 7 heteroatoms. The van der Waals surface area contributed by atoms with E-state index in [1.807, 2.05) is 0 Å². The molecule has 0 radical (unpaired) electrons. The maximum atomic E-state index is 11.1. The van der Waals surface area contributed by atoms with Crippen LogP contribution in [0.2, 0.25) is 0 Å². The first kappa shape index (κ1) is 12.2. The van der Waals surface area contributed by atoms with Gasteiger partial charge in [-0.05, 0) is 24.4 Å². The van der Waals surface area contributed by atoms with Gasteiger partial charge in [0.25, 0.3) is 10.1 Å². The summed E-state index contributed by atoms with van der Waals surface area (Å²) >= 11 is 0. The summed E-state index contributed by atoms with van der Waals surface area (Å²) in [5, 5.41) is 4.61. The van der Waals surface area contributed by atoms with Crippen LogP contribution in [0, 0.1) is 0 Å². The molecule has 0 saturated carbocycles. The van der Waals surface area contributed by atoms with E-state index in [1.54, 1.807) is 0 Å². The molecular weight excluding hydrogens is 232 g/mol. The van der Waals surface area contributed by atoms with E-state index in [0.29, 0.717) is 0 Å². The molecule has 0 aliphatic carbocycles.